The number of unbranched alkanes of at least 4 members (excludes halogenated alkanes) is 29. The molecule has 6 heteroatoms. The van der Waals surface area contributed by atoms with E-state index >= 15 is 0 Å². The number of hydrogen-bond donors (Lipinski definition) is 0. The van der Waals surface area contributed by atoms with Gasteiger partial charge in [0.15, 0.2) is 6.10 Å². The fourth-order valence-electron chi connectivity index (χ4n) is 7.60. The highest BCUT2D eigenvalue weighted by Crippen LogP contribution is 2.18. The molecular formula is C51H98O6. The fourth-order valence-corrected chi connectivity index (χ4v) is 7.60. The quantitative estimate of drug-likeness (QED) is 0.0346. The van der Waals surface area contributed by atoms with Crippen molar-refractivity contribution in [1.29, 1.82) is 0 Å². The third-order valence-electron chi connectivity index (χ3n) is 11.8. The van der Waals surface area contributed by atoms with Crippen molar-refractivity contribution in [2.24, 2.45) is 11.8 Å². The van der Waals surface area contributed by atoms with E-state index in [-0.39, 0.29) is 31.1 Å². The molecule has 2 atom stereocenters. The molecule has 0 saturated heterocycles. The summed E-state index contributed by atoms with van der Waals surface area (Å²) in [6.45, 7) is 11.3. The second-order valence-corrected chi connectivity index (χ2v) is 18.2. The number of carbonyl (C=O) groups excluding carboxylic acids is 3. The van der Waals surface area contributed by atoms with Gasteiger partial charge in [0.05, 0.1) is 0 Å². The van der Waals surface area contributed by atoms with Gasteiger partial charge in [0, 0.05) is 19.3 Å². The monoisotopic (exact) mass is 807 g/mol. The van der Waals surface area contributed by atoms with Crippen molar-refractivity contribution in [3.63, 3.8) is 0 Å². The molecule has 0 heterocycles. The van der Waals surface area contributed by atoms with Crippen molar-refractivity contribution in [3.05, 3.63) is 0 Å². The molecule has 0 amide bonds. The van der Waals surface area contributed by atoms with Crippen LogP contribution in [0.1, 0.15) is 279 Å². The zero-order chi connectivity index (χ0) is 41.9. The molecule has 0 radical (unpaired) electrons. The zero-order valence-electron chi connectivity index (χ0n) is 39.0. The van der Waals surface area contributed by atoms with E-state index in [1.807, 2.05) is 0 Å². The van der Waals surface area contributed by atoms with Gasteiger partial charge in [-0.05, 0) is 31.1 Å². The van der Waals surface area contributed by atoms with Crippen LogP contribution in [0.4, 0.5) is 0 Å². The number of carbonyl (C=O) groups is 3. The van der Waals surface area contributed by atoms with E-state index < -0.39 is 6.10 Å². The Balaban J connectivity index is 4.04. The molecule has 0 N–H and O–H groups in total. The van der Waals surface area contributed by atoms with E-state index in [0.717, 1.165) is 76.0 Å². The van der Waals surface area contributed by atoms with Crippen molar-refractivity contribution < 1.29 is 28.6 Å². The molecule has 0 aromatic carbocycles. The summed E-state index contributed by atoms with van der Waals surface area (Å²) in [5.74, 6) is 0.849. The van der Waals surface area contributed by atoms with Crippen LogP contribution in [-0.2, 0) is 28.6 Å². The minimum absolute atomic E-state index is 0.0652. The summed E-state index contributed by atoms with van der Waals surface area (Å²) in [7, 11) is 0. The van der Waals surface area contributed by atoms with Gasteiger partial charge in [0.2, 0.25) is 0 Å². The SMILES string of the molecule is CCCCCCCC(=O)OC[C@@H](COC(=O)CCCCCCCCCCCCCCCCCCCCC(C)CC)OC(=O)CCCCCCCCCCCC(C)C. The van der Waals surface area contributed by atoms with Gasteiger partial charge in [0.25, 0.3) is 0 Å². The van der Waals surface area contributed by atoms with Crippen LogP contribution < -0.4 is 0 Å². The summed E-state index contributed by atoms with van der Waals surface area (Å²) < 4.78 is 16.6. The number of hydrogen-bond acceptors (Lipinski definition) is 6. The van der Waals surface area contributed by atoms with E-state index in [0.29, 0.717) is 19.3 Å². The Morgan fingerprint density at radius 1 is 0.368 bits per heavy atom. The second kappa shape index (κ2) is 44.0. The maximum atomic E-state index is 12.7. The highest BCUT2D eigenvalue weighted by molar-refractivity contribution is 5.71. The van der Waals surface area contributed by atoms with Gasteiger partial charge in [-0.25, -0.2) is 0 Å². The highest BCUT2D eigenvalue weighted by Gasteiger charge is 2.19. The Labute approximate surface area is 355 Å². The molecule has 0 saturated carbocycles. The Kier molecular flexibility index (Phi) is 42.7. The third kappa shape index (κ3) is 43.8. The Morgan fingerprint density at radius 3 is 1.00 bits per heavy atom. The van der Waals surface area contributed by atoms with Gasteiger partial charge in [-0.15, -0.1) is 0 Å². The van der Waals surface area contributed by atoms with Crippen LogP contribution in [0.25, 0.3) is 0 Å². The molecule has 0 aromatic rings. The average Bonchev–Trinajstić information content (AvgIpc) is 3.19. The van der Waals surface area contributed by atoms with Crippen LogP contribution in [0, 0.1) is 11.8 Å². The lowest BCUT2D eigenvalue weighted by Gasteiger charge is -2.18. The van der Waals surface area contributed by atoms with Crippen LogP contribution in [0.5, 0.6) is 0 Å². The number of ether oxygens (including phenoxy) is 3. The lowest BCUT2D eigenvalue weighted by Crippen LogP contribution is -2.30. The third-order valence-corrected chi connectivity index (χ3v) is 11.8. The Hall–Kier alpha value is -1.59. The van der Waals surface area contributed by atoms with Gasteiger partial charge in [-0.1, -0.05) is 240 Å². The van der Waals surface area contributed by atoms with Crippen molar-refractivity contribution >= 4 is 17.9 Å². The van der Waals surface area contributed by atoms with E-state index in [1.54, 1.807) is 0 Å². The largest absolute Gasteiger partial charge is 0.462 e. The highest BCUT2D eigenvalue weighted by atomic mass is 16.6. The van der Waals surface area contributed by atoms with Crippen LogP contribution >= 0.6 is 0 Å². The minimum atomic E-state index is -0.759. The smallest absolute Gasteiger partial charge is 0.306 e. The summed E-state index contributed by atoms with van der Waals surface area (Å²) in [5, 5.41) is 0. The number of esters is 3. The summed E-state index contributed by atoms with van der Waals surface area (Å²) in [6.07, 6.45) is 44.1. The van der Waals surface area contributed by atoms with Gasteiger partial charge in [0.1, 0.15) is 13.2 Å². The Morgan fingerprint density at radius 2 is 0.667 bits per heavy atom. The van der Waals surface area contributed by atoms with Crippen LogP contribution in [-0.4, -0.2) is 37.2 Å². The van der Waals surface area contributed by atoms with Gasteiger partial charge < -0.3 is 14.2 Å². The van der Waals surface area contributed by atoms with Gasteiger partial charge in [-0.2, -0.15) is 0 Å². The van der Waals surface area contributed by atoms with Gasteiger partial charge >= 0.3 is 17.9 Å². The van der Waals surface area contributed by atoms with E-state index in [4.69, 9.17) is 14.2 Å². The maximum absolute atomic E-state index is 12.7. The molecule has 338 valence electrons. The first-order valence-corrected chi connectivity index (χ1v) is 25.3. The molecule has 0 spiro atoms. The summed E-state index contributed by atoms with van der Waals surface area (Å²) in [4.78, 5) is 37.6. The van der Waals surface area contributed by atoms with Gasteiger partial charge in [-0.3, -0.25) is 14.4 Å². The van der Waals surface area contributed by atoms with E-state index in [9.17, 15) is 14.4 Å². The van der Waals surface area contributed by atoms with Crippen molar-refractivity contribution in [1.82, 2.24) is 0 Å². The first-order valence-electron chi connectivity index (χ1n) is 25.3. The molecule has 57 heavy (non-hydrogen) atoms. The molecule has 0 aliphatic carbocycles. The van der Waals surface area contributed by atoms with Crippen LogP contribution in [0.15, 0.2) is 0 Å². The topological polar surface area (TPSA) is 78.9 Å². The molecule has 0 rings (SSSR count). The Bertz CT molecular complexity index is 872. The predicted molar refractivity (Wildman–Crippen MR) is 243 cm³/mol. The fraction of sp³-hybridized carbons (Fsp3) is 0.941. The molecule has 0 fully saturated rings. The number of rotatable bonds is 45. The summed E-state index contributed by atoms with van der Waals surface area (Å²) >= 11 is 0. The normalized spacial score (nSPS) is 12.5. The first-order chi connectivity index (χ1) is 27.8. The van der Waals surface area contributed by atoms with Crippen LogP contribution in [0.2, 0.25) is 0 Å². The van der Waals surface area contributed by atoms with Crippen molar-refractivity contribution in [2.45, 2.75) is 285 Å². The summed E-state index contributed by atoms with van der Waals surface area (Å²) in [5.41, 5.74) is 0. The molecule has 1 unspecified atom stereocenters. The van der Waals surface area contributed by atoms with Crippen molar-refractivity contribution in [2.75, 3.05) is 13.2 Å². The van der Waals surface area contributed by atoms with Crippen molar-refractivity contribution in [3.8, 4) is 0 Å². The molecule has 6 nitrogen and oxygen atoms in total. The van der Waals surface area contributed by atoms with E-state index in [1.165, 1.54) is 161 Å². The lowest BCUT2D eigenvalue weighted by atomic mass is 9.99. The lowest BCUT2D eigenvalue weighted by molar-refractivity contribution is -0.167. The van der Waals surface area contributed by atoms with Crippen LogP contribution in [0.3, 0.4) is 0 Å². The predicted octanol–water partition coefficient (Wildman–Crippen LogP) is 16.1. The molecule has 0 aromatic heterocycles. The zero-order valence-corrected chi connectivity index (χ0v) is 39.0. The molecule has 0 bridgehead atoms. The standard InChI is InChI=1S/C51H98O6/c1-6-8-9-29-36-41-49(52)55-44-48(57-51(54)43-38-33-28-24-20-21-25-30-34-39-46(3)4)45-56-50(53)42-37-32-27-23-19-17-15-13-11-10-12-14-16-18-22-26-31-35-40-47(5)7-2/h46-48H,6-45H2,1-5H3/t47?,48-/m0/s1. The molecule has 0 aliphatic rings. The minimum Gasteiger partial charge on any atom is -0.462 e. The maximum Gasteiger partial charge on any atom is 0.306 e. The van der Waals surface area contributed by atoms with E-state index in [2.05, 4.69) is 34.6 Å². The second-order valence-electron chi connectivity index (χ2n) is 18.2. The summed E-state index contributed by atoms with van der Waals surface area (Å²) in [6, 6.07) is 0. The molecular weight excluding hydrogens is 709 g/mol. The molecule has 0 aliphatic heterocycles. The first kappa shape index (κ1) is 55.4. The average molecular weight is 807 g/mol.